The molecule has 0 aliphatic carbocycles. The van der Waals surface area contributed by atoms with Crippen LogP contribution in [0, 0.1) is 0 Å². The van der Waals surface area contributed by atoms with E-state index in [4.69, 9.17) is 34.2 Å². The first-order valence-electron chi connectivity index (χ1n) is 12.3. The van der Waals surface area contributed by atoms with Crippen molar-refractivity contribution in [2.75, 3.05) is 6.61 Å². The molecule has 0 aromatic heterocycles. The van der Waals surface area contributed by atoms with Crippen LogP contribution in [0.2, 0.25) is 0 Å². The van der Waals surface area contributed by atoms with Gasteiger partial charge in [0.25, 0.3) is 11.7 Å². The monoisotopic (exact) mass is 566 g/mol. The van der Waals surface area contributed by atoms with Crippen LogP contribution in [0.3, 0.4) is 0 Å². The van der Waals surface area contributed by atoms with Gasteiger partial charge in [0.1, 0.15) is 18.8 Å². The lowest BCUT2D eigenvalue weighted by Gasteiger charge is -2.48. The van der Waals surface area contributed by atoms with Gasteiger partial charge in [0.2, 0.25) is 5.91 Å². The largest absolute Gasteiger partial charge is 0.462 e. The quantitative estimate of drug-likeness (QED) is 0.255. The summed E-state index contributed by atoms with van der Waals surface area (Å²) in [6.45, 7) is 4.74. The van der Waals surface area contributed by atoms with Gasteiger partial charge < -0.3 is 39.5 Å². The van der Waals surface area contributed by atoms with Crippen molar-refractivity contribution in [1.82, 2.24) is 5.32 Å². The van der Waals surface area contributed by atoms with E-state index >= 15 is 0 Å². The molecule has 1 aliphatic heterocycles. The van der Waals surface area contributed by atoms with Crippen LogP contribution in [0.1, 0.15) is 46.6 Å². The molecule has 2 amide bonds. The molecule has 0 spiro atoms. The average Bonchev–Trinajstić information content (AvgIpc) is 2.85. The van der Waals surface area contributed by atoms with E-state index in [1.54, 1.807) is 30.3 Å². The van der Waals surface area contributed by atoms with Gasteiger partial charge in [-0.2, -0.15) is 0 Å². The summed E-state index contributed by atoms with van der Waals surface area (Å²) in [5.41, 5.74) is 6.39. The van der Waals surface area contributed by atoms with Crippen molar-refractivity contribution < 1.29 is 57.2 Å². The minimum Gasteiger partial charge on any atom is -0.462 e. The van der Waals surface area contributed by atoms with E-state index in [0.717, 1.165) is 27.7 Å². The van der Waals surface area contributed by atoms with Crippen LogP contribution in [0.25, 0.3) is 0 Å². The summed E-state index contributed by atoms with van der Waals surface area (Å²) >= 11 is 0. The molecule has 1 heterocycles. The Morgan fingerprint density at radius 2 is 1.57 bits per heavy atom. The van der Waals surface area contributed by atoms with Gasteiger partial charge in [-0.25, -0.2) is 0 Å². The Morgan fingerprint density at radius 1 is 0.950 bits per heavy atom. The Hall–Kier alpha value is -4.04. The van der Waals surface area contributed by atoms with Crippen LogP contribution in [0.4, 0.5) is 0 Å². The molecular formula is C26H34N2O12. The van der Waals surface area contributed by atoms with Gasteiger partial charge in [-0.1, -0.05) is 30.3 Å². The minimum absolute atomic E-state index is 0.173. The summed E-state index contributed by atoms with van der Waals surface area (Å²) in [6.07, 6.45) is -6.43. The van der Waals surface area contributed by atoms with E-state index in [1.807, 2.05) is 0 Å². The number of nitrogens with two attached hydrogens (primary N) is 1. The van der Waals surface area contributed by atoms with Gasteiger partial charge in [-0.15, -0.1) is 0 Å². The number of ether oxygens (including phenoxy) is 6. The summed E-state index contributed by atoms with van der Waals surface area (Å²) in [5.74, 6) is -7.20. The highest BCUT2D eigenvalue weighted by Gasteiger charge is 2.58. The van der Waals surface area contributed by atoms with Gasteiger partial charge in [0.05, 0.1) is 19.1 Å². The first-order chi connectivity index (χ1) is 18.7. The third-order valence-electron chi connectivity index (χ3n) is 5.69. The van der Waals surface area contributed by atoms with Crippen LogP contribution in [0.15, 0.2) is 30.3 Å². The third-order valence-corrected chi connectivity index (χ3v) is 5.69. The number of amides is 2. The van der Waals surface area contributed by atoms with Crippen molar-refractivity contribution in [1.29, 1.82) is 0 Å². The summed E-state index contributed by atoms with van der Waals surface area (Å²) in [5, 5.41) is 2.58. The van der Waals surface area contributed by atoms with Crippen LogP contribution in [-0.4, -0.2) is 78.5 Å². The zero-order chi connectivity index (χ0) is 30.0. The predicted molar refractivity (Wildman–Crippen MR) is 134 cm³/mol. The maximum Gasteiger partial charge on any atom is 0.303 e. The van der Waals surface area contributed by atoms with Crippen LogP contribution < -0.4 is 11.1 Å². The summed E-state index contributed by atoms with van der Waals surface area (Å²) in [4.78, 5) is 72.9. The number of hydrogen-bond acceptors (Lipinski definition) is 12. The molecule has 14 nitrogen and oxygen atoms in total. The molecule has 40 heavy (non-hydrogen) atoms. The molecule has 2 rings (SSSR count). The lowest BCUT2D eigenvalue weighted by atomic mass is 9.87. The molecule has 1 fully saturated rings. The highest BCUT2D eigenvalue weighted by molar-refractivity contribution is 5.82. The maximum atomic E-state index is 12.9. The molecule has 1 aromatic rings. The molecule has 0 saturated carbocycles. The fraction of sp³-hybridized carbons (Fsp3) is 0.538. The number of carbonyl (C=O) groups excluding carboxylic acids is 6. The van der Waals surface area contributed by atoms with Gasteiger partial charge in [-0.05, 0) is 5.56 Å². The summed E-state index contributed by atoms with van der Waals surface area (Å²) in [6, 6.07) is 7.42. The van der Waals surface area contributed by atoms with E-state index in [1.165, 1.54) is 6.92 Å². The summed E-state index contributed by atoms with van der Waals surface area (Å²) < 4.78 is 33.2. The topological polar surface area (TPSA) is 196 Å². The SMILES string of the molecule is CC(=O)N[C@H]1[C@H]([C@H](OC(C)=O)[C@@H](COC(C)=O)OC(C)=O)O[C@@](OCc2ccccc2)(C(N)=O)C[C@@H]1OC(C)=O. The van der Waals surface area contributed by atoms with Crippen molar-refractivity contribution in [3.8, 4) is 0 Å². The van der Waals surface area contributed by atoms with Gasteiger partial charge in [0, 0.05) is 34.6 Å². The lowest BCUT2D eigenvalue weighted by molar-refractivity contribution is -0.308. The van der Waals surface area contributed by atoms with Crippen molar-refractivity contribution >= 4 is 35.7 Å². The van der Waals surface area contributed by atoms with Crippen molar-refractivity contribution in [3.05, 3.63) is 35.9 Å². The second-order valence-corrected chi connectivity index (χ2v) is 9.08. The van der Waals surface area contributed by atoms with Crippen molar-refractivity contribution in [2.24, 2.45) is 5.73 Å². The Kier molecular flexibility index (Phi) is 11.6. The summed E-state index contributed by atoms with van der Waals surface area (Å²) in [7, 11) is 0. The predicted octanol–water partition coefficient (Wildman–Crippen LogP) is 0.0366. The van der Waals surface area contributed by atoms with E-state index in [9.17, 15) is 28.8 Å². The lowest BCUT2D eigenvalue weighted by Crippen LogP contribution is -2.70. The van der Waals surface area contributed by atoms with Crippen LogP contribution in [0.5, 0.6) is 0 Å². The molecule has 14 heteroatoms. The first-order valence-corrected chi connectivity index (χ1v) is 12.3. The zero-order valence-electron chi connectivity index (χ0n) is 22.9. The van der Waals surface area contributed by atoms with Crippen molar-refractivity contribution in [3.63, 3.8) is 0 Å². The van der Waals surface area contributed by atoms with E-state index in [-0.39, 0.29) is 6.61 Å². The highest BCUT2D eigenvalue weighted by atomic mass is 16.7. The Balaban J connectivity index is 2.67. The molecule has 0 unspecified atom stereocenters. The molecule has 1 saturated heterocycles. The first kappa shape index (κ1) is 32.2. The number of hydrogen-bond donors (Lipinski definition) is 2. The van der Waals surface area contributed by atoms with Gasteiger partial charge in [0.15, 0.2) is 12.2 Å². The average molecular weight is 567 g/mol. The number of benzene rings is 1. The number of carbonyl (C=O) groups is 6. The standard InChI is InChI=1S/C26H34N2O12/c1-14(29)28-22-20(37-16(3)31)11-26(25(27)34,36-12-19-9-7-6-8-10-19)40-24(22)23(39-18(5)33)21(38-17(4)32)13-35-15(2)30/h6-10,20-24H,11-13H2,1-5H3,(H2,27,34)(H,28,29)/t20-,21+,22+,23+,24+,26+/m0/s1. The zero-order valence-corrected chi connectivity index (χ0v) is 22.9. The molecule has 0 radical (unpaired) electrons. The van der Waals surface area contributed by atoms with E-state index in [2.05, 4.69) is 5.32 Å². The molecule has 1 aromatic carbocycles. The molecule has 1 aliphatic rings. The second kappa shape index (κ2) is 14.4. The Morgan fingerprint density at radius 3 is 2.08 bits per heavy atom. The molecular weight excluding hydrogens is 532 g/mol. The molecule has 220 valence electrons. The highest BCUT2D eigenvalue weighted by Crippen LogP contribution is 2.36. The number of rotatable bonds is 12. The number of primary amides is 1. The van der Waals surface area contributed by atoms with Crippen LogP contribution >= 0.6 is 0 Å². The van der Waals surface area contributed by atoms with E-state index in [0.29, 0.717) is 5.56 Å². The second-order valence-electron chi connectivity index (χ2n) is 9.08. The fourth-order valence-electron chi connectivity index (χ4n) is 4.21. The van der Waals surface area contributed by atoms with E-state index < -0.39 is 85.0 Å². The molecule has 6 atom stereocenters. The molecule has 3 N–H and O–H groups in total. The smallest absolute Gasteiger partial charge is 0.303 e. The maximum absolute atomic E-state index is 12.9. The number of nitrogens with one attached hydrogen (secondary N) is 1. The minimum atomic E-state index is -2.27. The fourth-order valence-corrected chi connectivity index (χ4v) is 4.21. The van der Waals surface area contributed by atoms with Crippen molar-refractivity contribution in [2.45, 2.75) is 83.9 Å². The Bertz CT molecular complexity index is 1090. The van der Waals surface area contributed by atoms with Gasteiger partial charge >= 0.3 is 23.9 Å². The molecule has 0 bridgehead atoms. The normalized spacial score (nSPS) is 23.6. The Labute approximate surface area is 230 Å². The number of esters is 4. The van der Waals surface area contributed by atoms with Crippen LogP contribution in [-0.2, 0) is 63.8 Å². The van der Waals surface area contributed by atoms with Gasteiger partial charge in [-0.3, -0.25) is 28.8 Å². The third kappa shape index (κ3) is 9.31.